The SMILES string of the molecule is COC(=O)c1cc(CN(C)C2CCCNCC2)oc1C.Cl. The van der Waals surface area contributed by atoms with Crippen molar-refractivity contribution in [3.05, 3.63) is 23.2 Å². The lowest BCUT2D eigenvalue weighted by molar-refractivity contribution is 0.0599. The summed E-state index contributed by atoms with van der Waals surface area (Å²) in [6, 6.07) is 2.36. The van der Waals surface area contributed by atoms with Crippen LogP contribution in [0.3, 0.4) is 0 Å². The molecule has 120 valence electrons. The zero-order chi connectivity index (χ0) is 14.5. The molecule has 1 saturated heterocycles. The van der Waals surface area contributed by atoms with Gasteiger partial charge in [0.05, 0.1) is 13.7 Å². The highest BCUT2D eigenvalue weighted by Crippen LogP contribution is 2.19. The second kappa shape index (κ2) is 8.41. The largest absolute Gasteiger partial charge is 0.465 e. The Morgan fingerprint density at radius 3 is 2.95 bits per heavy atom. The van der Waals surface area contributed by atoms with Crippen LogP contribution in [0.4, 0.5) is 0 Å². The maximum absolute atomic E-state index is 11.6. The predicted octanol–water partition coefficient (Wildman–Crippen LogP) is 2.37. The summed E-state index contributed by atoms with van der Waals surface area (Å²) >= 11 is 0. The third kappa shape index (κ3) is 4.73. The summed E-state index contributed by atoms with van der Waals surface area (Å²) in [5.74, 6) is 1.12. The molecule has 0 spiro atoms. The van der Waals surface area contributed by atoms with Crippen LogP contribution in [0, 0.1) is 6.92 Å². The number of nitrogens with one attached hydrogen (secondary N) is 1. The average Bonchev–Trinajstić information content (AvgIpc) is 2.67. The highest BCUT2D eigenvalue weighted by atomic mass is 35.5. The summed E-state index contributed by atoms with van der Waals surface area (Å²) in [7, 11) is 3.50. The van der Waals surface area contributed by atoms with Gasteiger partial charge in [-0.3, -0.25) is 4.90 Å². The predicted molar refractivity (Wildman–Crippen MR) is 84.0 cm³/mol. The molecule has 0 radical (unpaired) electrons. The fraction of sp³-hybridized carbons (Fsp3) is 0.667. The number of halogens is 1. The number of ether oxygens (including phenoxy) is 1. The number of carbonyl (C=O) groups is 1. The Bertz CT molecular complexity index is 454. The molecule has 0 saturated carbocycles. The second-order valence-electron chi connectivity index (χ2n) is 5.42. The first-order valence-electron chi connectivity index (χ1n) is 7.20. The first-order valence-corrected chi connectivity index (χ1v) is 7.20. The van der Waals surface area contributed by atoms with Gasteiger partial charge in [-0.2, -0.15) is 0 Å². The molecule has 1 unspecified atom stereocenters. The lowest BCUT2D eigenvalue weighted by Crippen LogP contribution is -2.31. The average molecular weight is 317 g/mol. The molecule has 0 amide bonds. The standard InChI is InChI=1S/C15H24N2O3.ClH/c1-11-14(15(18)19-3)9-13(20-11)10-17(2)12-5-4-7-16-8-6-12;/h9,12,16H,4-8,10H2,1-3H3;1H. The van der Waals surface area contributed by atoms with Gasteiger partial charge in [0.2, 0.25) is 0 Å². The number of furan rings is 1. The fourth-order valence-corrected chi connectivity index (χ4v) is 2.75. The molecule has 21 heavy (non-hydrogen) atoms. The molecule has 2 heterocycles. The van der Waals surface area contributed by atoms with Crippen LogP contribution >= 0.6 is 12.4 Å². The number of rotatable bonds is 4. The Kier molecular flexibility index (Phi) is 7.22. The fourth-order valence-electron chi connectivity index (χ4n) is 2.75. The lowest BCUT2D eigenvalue weighted by Gasteiger charge is -2.25. The lowest BCUT2D eigenvalue weighted by atomic mass is 10.1. The Morgan fingerprint density at radius 1 is 1.48 bits per heavy atom. The van der Waals surface area contributed by atoms with Crippen LogP contribution in [-0.4, -0.2) is 44.2 Å². The van der Waals surface area contributed by atoms with E-state index in [4.69, 9.17) is 9.15 Å². The van der Waals surface area contributed by atoms with Gasteiger partial charge in [-0.1, -0.05) is 0 Å². The van der Waals surface area contributed by atoms with Crippen molar-refractivity contribution in [2.75, 3.05) is 27.2 Å². The van der Waals surface area contributed by atoms with E-state index in [2.05, 4.69) is 17.3 Å². The molecule has 0 aromatic carbocycles. The van der Waals surface area contributed by atoms with Gasteiger partial charge in [0.1, 0.15) is 17.1 Å². The summed E-state index contributed by atoms with van der Waals surface area (Å²) in [5, 5.41) is 3.42. The zero-order valence-corrected chi connectivity index (χ0v) is 13.8. The first-order chi connectivity index (χ1) is 9.61. The van der Waals surface area contributed by atoms with Gasteiger partial charge in [0.15, 0.2) is 0 Å². The Hall–Kier alpha value is -1.04. The summed E-state index contributed by atoms with van der Waals surface area (Å²) in [5.41, 5.74) is 0.526. The van der Waals surface area contributed by atoms with Gasteiger partial charge >= 0.3 is 5.97 Å². The van der Waals surface area contributed by atoms with Crippen LogP contribution in [0.15, 0.2) is 10.5 Å². The van der Waals surface area contributed by atoms with Crippen LogP contribution < -0.4 is 5.32 Å². The smallest absolute Gasteiger partial charge is 0.341 e. The van der Waals surface area contributed by atoms with Crippen molar-refractivity contribution in [3.8, 4) is 0 Å². The van der Waals surface area contributed by atoms with Crippen molar-refractivity contribution < 1.29 is 13.9 Å². The number of methoxy groups -OCH3 is 1. The van der Waals surface area contributed by atoms with E-state index >= 15 is 0 Å². The molecule has 2 rings (SSSR count). The van der Waals surface area contributed by atoms with Crippen molar-refractivity contribution in [1.82, 2.24) is 10.2 Å². The molecule has 0 aliphatic carbocycles. The van der Waals surface area contributed by atoms with E-state index in [1.165, 1.54) is 20.0 Å². The van der Waals surface area contributed by atoms with Crippen LogP contribution in [0.25, 0.3) is 0 Å². The minimum atomic E-state index is -0.334. The molecule has 0 bridgehead atoms. The third-order valence-corrected chi connectivity index (χ3v) is 3.95. The van der Waals surface area contributed by atoms with E-state index in [-0.39, 0.29) is 18.4 Å². The molecular formula is C15H25ClN2O3. The van der Waals surface area contributed by atoms with Crippen LogP contribution in [-0.2, 0) is 11.3 Å². The third-order valence-electron chi connectivity index (χ3n) is 3.95. The quantitative estimate of drug-likeness (QED) is 0.864. The van der Waals surface area contributed by atoms with Crippen molar-refractivity contribution in [1.29, 1.82) is 0 Å². The first kappa shape index (κ1) is 18.0. The summed E-state index contributed by atoms with van der Waals surface area (Å²) in [4.78, 5) is 13.9. The van der Waals surface area contributed by atoms with Crippen molar-refractivity contribution in [3.63, 3.8) is 0 Å². The van der Waals surface area contributed by atoms with Gasteiger partial charge in [0, 0.05) is 6.04 Å². The molecule has 1 aliphatic heterocycles. The van der Waals surface area contributed by atoms with Gasteiger partial charge in [-0.05, 0) is 52.4 Å². The number of esters is 1. The Morgan fingerprint density at radius 2 is 2.24 bits per heavy atom. The number of aryl methyl sites for hydroxylation is 1. The van der Waals surface area contributed by atoms with E-state index in [0.717, 1.165) is 31.8 Å². The molecule has 1 fully saturated rings. The normalized spacial score (nSPS) is 19.0. The van der Waals surface area contributed by atoms with E-state index in [1.807, 2.05) is 0 Å². The van der Waals surface area contributed by atoms with Gasteiger partial charge < -0.3 is 14.5 Å². The van der Waals surface area contributed by atoms with Gasteiger partial charge in [-0.15, -0.1) is 12.4 Å². The minimum absolute atomic E-state index is 0. The minimum Gasteiger partial charge on any atom is -0.465 e. The summed E-state index contributed by atoms with van der Waals surface area (Å²) in [6.07, 6.45) is 3.56. The number of hydrogen-bond donors (Lipinski definition) is 1. The van der Waals surface area contributed by atoms with E-state index in [9.17, 15) is 4.79 Å². The molecule has 1 aliphatic rings. The topological polar surface area (TPSA) is 54.7 Å². The van der Waals surface area contributed by atoms with Gasteiger partial charge in [0.25, 0.3) is 0 Å². The number of nitrogens with zero attached hydrogens (tertiary/aromatic N) is 1. The molecular weight excluding hydrogens is 292 g/mol. The second-order valence-corrected chi connectivity index (χ2v) is 5.42. The molecule has 5 nitrogen and oxygen atoms in total. The van der Waals surface area contributed by atoms with Crippen molar-refractivity contribution in [2.45, 2.75) is 38.8 Å². The summed E-state index contributed by atoms with van der Waals surface area (Å²) < 4.78 is 10.4. The van der Waals surface area contributed by atoms with E-state index in [1.54, 1.807) is 13.0 Å². The maximum Gasteiger partial charge on any atom is 0.341 e. The monoisotopic (exact) mass is 316 g/mol. The highest BCUT2D eigenvalue weighted by molar-refractivity contribution is 5.90. The zero-order valence-electron chi connectivity index (χ0n) is 13.0. The number of carbonyl (C=O) groups excluding carboxylic acids is 1. The molecule has 1 N–H and O–H groups in total. The highest BCUT2D eigenvalue weighted by Gasteiger charge is 2.20. The molecule has 6 heteroatoms. The summed E-state index contributed by atoms with van der Waals surface area (Å²) in [6.45, 7) is 4.70. The Labute approximate surface area is 132 Å². The van der Waals surface area contributed by atoms with Crippen LogP contribution in [0.1, 0.15) is 41.1 Å². The molecule has 1 aromatic heterocycles. The van der Waals surface area contributed by atoms with Gasteiger partial charge in [-0.25, -0.2) is 4.79 Å². The van der Waals surface area contributed by atoms with E-state index in [0.29, 0.717) is 17.4 Å². The molecule has 1 aromatic rings. The van der Waals surface area contributed by atoms with Crippen LogP contribution in [0.2, 0.25) is 0 Å². The maximum atomic E-state index is 11.6. The van der Waals surface area contributed by atoms with Crippen molar-refractivity contribution in [2.24, 2.45) is 0 Å². The van der Waals surface area contributed by atoms with Crippen molar-refractivity contribution >= 4 is 18.4 Å². The Balaban J connectivity index is 0.00000220. The molecule has 1 atom stereocenters. The van der Waals surface area contributed by atoms with E-state index < -0.39 is 0 Å². The van der Waals surface area contributed by atoms with Crippen LogP contribution in [0.5, 0.6) is 0 Å². The number of hydrogen-bond acceptors (Lipinski definition) is 5.